The monoisotopic (exact) mass is 634 g/mol. The Balaban J connectivity index is 1.15. The van der Waals surface area contributed by atoms with E-state index in [1.54, 1.807) is 29.2 Å². The first-order valence-corrected chi connectivity index (χ1v) is 16.8. The number of nitrogens with zero attached hydrogens (tertiary/aromatic N) is 1. The second kappa shape index (κ2) is 13.1. The third-order valence-corrected chi connectivity index (χ3v) is 9.12. The molecule has 5 aromatic rings. The van der Waals surface area contributed by atoms with Crippen LogP contribution in [0.3, 0.4) is 0 Å². The molecule has 5 aromatic carbocycles. The van der Waals surface area contributed by atoms with E-state index in [0.717, 1.165) is 27.5 Å². The molecule has 9 heteroatoms. The molecule has 2 amide bonds. The molecule has 1 aliphatic heterocycles. The number of hydrogen-bond acceptors (Lipinski definition) is 6. The quantitative estimate of drug-likeness (QED) is 0.175. The first-order valence-electron chi connectivity index (χ1n) is 15.2. The number of anilines is 1. The number of benzene rings is 5. The zero-order valence-electron chi connectivity index (χ0n) is 25.7. The van der Waals surface area contributed by atoms with E-state index in [9.17, 15) is 18.0 Å². The molecule has 0 bridgehead atoms. The van der Waals surface area contributed by atoms with Crippen LogP contribution in [0.15, 0.2) is 103 Å². The SMILES string of the molecule is CCOc1c2c(c(OCC)c3ccccc13)C(=O)N(c1ccc(CS(=O)(=O)NC(=O)Cc3ccc(-c4ccccc4)cc3)cc1)C2. The maximum Gasteiger partial charge on any atom is 0.262 e. The molecule has 0 radical (unpaired) electrons. The average molecular weight is 635 g/mol. The van der Waals surface area contributed by atoms with Crippen LogP contribution in [0, 0.1) is 0 Å². The van der Waals surface area contributed by atoms with Gasteiger partial charge in [-0.25, -0.2) is 8.42 Å². The fraction of sp³-hybridized carbons (Fsp3) is 0.189. The molecule has 0 saturated heterocycles. The molecule has 0 fully saturated rings. The molecular weight excluding hydrogens is 600 g/mol. The van der Waals surface area contributed by atoms with Crippen molar-refractivity contribution in [2.45, 2.75) is 32.6 Å². The van der Waals surface area contributed by atoms with Crippen molar-refractivity contribution in [3.05, 3.63) is 125 Å². The molecule has 0 aliphatic carbocycles. The molecule has 0 aromatic heterocycles. The van der Waals surface area contributed by atoms with E-state index in [1.807, 2.05) is 92.7 Å². The van der Waals surface area contributed by atoms with Crippen LogP contribution >= 0.6 is 0 Å². The molecule has 0 atom stereocenters. The third kappa shape index (κ3) is 6.32. The smallest absolute Gasteiger partial charge is 0.262 e. The molecular formula is C37H34N2O6S. The van der Waals surface area contributed by atoms with Crippen LogP contribution in [-0.2, 0) is 33.5 Å². The number of ether oxygens (including phenoxy) is 2. The number of nitrogens with one attached hydrogen (secondary N) is 1. The van der Waals surface area contributed by atoms with E-state index >= 15 is 0 Å². The maximum absolute atomic E-state index is 13.8. The van der Waals surface area contributed by atoms with Gasteiger partial charge in [-0.15, -0.1) is 0 Å². The lowest BCUT2D eigenvalue weighted by atomic mass is 9.99. The summed E-state index contributed by atoms with van der Waals surface area (Å²) >= 11 is 0. The zero-order chi connectivity index (χ0) is 32.3. The minimum atomic E-state index is -3.95. The van der Waals surface area contributed by atoms with E-state index in [0.29, 0.717) is 47.1 Å². The van der Waals surface area contributed by atoms with Gasteiger partial charge in [0.15, 0.2) is 0 Å². The van der Waals surface area contributed by atoms with Crippen molar-refractivity contribution in [2.24, 2.45) is 0 Å². The van der Waals surface area contributed by atoms with E-state index in [-0.39, 0.29) is 24.6 Å². The van der Waals surface area contributed by atoms with Crippen LogP contribution < -0.4 is 19.1 Å². The van der Waals surface area contributed by atoms with Gasteiger partial charge < -0.3 is 14.4 Å². The van der Waals surface area contributed by atoms with Gasteiger partial charge in [-0.05, 0) is 48.2 Å². The van der Waals surface area contributed by atoms with Crippen molar-refractivity contribution in [1.82, 2.24) is 4.72 Å². The highest BCUT2D eigenvalue weighted by Crippen LogP contribution is 2.46. The van der Waals surface area contributed by atoms with E-state index in [2.05, 4.69) is 4.72 Å². The Bertz CT molecular complexity index is 2010. The Morgan fingerprint density at radius 1 is 0.739 bits per heavy atom. The summed E-state index contributed by atoms with van der Waals surface area (Å²) in [5.41, 5.74) is 5.12. The highest BCUT2D eigenvalue weighted by molar-refractivity contribution is 7.89. The summed E-state index contributed by atoms with van der Waals surface area (Å²) in [4.78, 5) is 28.1. The van der Waals surface area contributed by atoms with E-state index < -0.39 is 15.9 Å². The summed E-state index contributed by atoms with van der Waals surface area (Å²) in [6.45, 7) is 4.92. The number of rotatable bonds is 11. The molecule has 0 saturated carbocycles. The number of hydrogen-bond donors (Lipinski definition) is 1. The molecule has 1 aliphatic rings. The van der Waals surface area contributed by atoms with Crippen LogP contribution in [0.4, 0.5) is 5.69 Å². The first-order chi connectivity index (χ1) is 22.3. The largest absolute Gasteiger partial charge is 0.493 e. The minimum Gasteiger partial charge on any atom is -0.493 e. The lowest BCUT2D eigenvalue weighted by molar-refractivity contribution is -0.118. The minimum absolute atomic E-state index is 0.0622. The van der Waals surface area contributed by atoms with Crippen molar-refractivity contribution in [3.8, 4) is 22.6 Å². The van der Waals surface area contributed by atoms with Gasteiger partial charge in [0.2, 0.25) is 15.9 Å². The Labute approximate surface area is 268 Å². The summed E-state index contributed by atoms with van der Waals surface area (Å²) in [7, 11) is -3.95. The van der Waals surface area contributed by atoms with Crippen LogP contribution in [0.1, 0.15) is 40.9 Å². The van der Waals surface area contributed by atoms with Crippen LogP contribution in [-0.4, -0.2) is 33.4 Å². The Kier molecular flexibility index (Phi) is 8.76. The van der Waals surface area contributed by atoms with Gasteiger partial charge in [0, 0.05) is 22.0 Å². The number of carbonyl (C=O) groups is 2. The molecule has 234 valence electrons. The molecule has 1 N–H and O–H groups in total. The lowest BCUT2D eigenvalue weighted by Crippen LogP contribution is -2.32. The van der Waals surface area contributed by atoms with Gasteiger partial charge >= 0.3 is 0 Å². The summed E-state index contributed by atoms with van der Waals surface area (Å²) in [6.07, 6.45) is -0.0622. The molecule has 8 nitrogen and oxygen atoms in total. The lowest BCUT2D eigenvalue weighted by Gasteiger charge is -2.16. The number of fused-ring (bicyclic) bond motifs is 2. The van der Waals surface area contributed by atoms with Crippen molar-refractivity contribution in [2.75, 3.05) is 18.1 Å². The topological polar surface area (TPSA) is 102 Å². The van der Waals surface area contributed by atoms with Gasteiger partial charge in [0.1, 0.15) is 11.5 Å². The molecule has 46 heavy (non-hydrogen) atoms. The third-order valence-electron chi connectivity index (χ3n) is 7.87. The van der Waals surface area contributed by atoms with Crippen LogP contribution in [0.25, 0.3) is 21.9 Å². The second-order valence-electron chi connectivity index (χ2n) is 11.0. The normalized spacial score (nSPS) is 12.7. The summed E-state index contributed by atoms with van der Waals surface area (Å²) in [5, 5.41) is 1.70. The molecule has 0 spiro atoms. The van der Waals surface area contributed by atoms with Crippen molar-refractivity contribution >= 4 is 38.3 Å². The molecule has 0 unspecified atom stereocenters. The van der Waals surface area contributed by atoms with Crippen LogP contribution in [0.5, 0.6) is 11.5 Å². The highest BCUT2D eigenvalue weighted by Gasteiger charge is 2.36. The number of carbonyl (C=O) groups excluding carboxylic acids is 2. The molecule has 1 heterocycles. The summed E-state index contributed by atoms with van der Waals surface area (Å²) < 4.78 is 40.0. The maximum atomic E-state index is 13.8. The molecule has 6 rings (SSSR count). The second-order valence-corrected chi connectivity index (χ2v) is 12.7. The zero-order valence-corrected chi connectivity index (χ0v) is 26.5. The highest BCUT2D eigenvalue weighted by atomic mass is 32.2. The van der Waals surface area contributed by atoms with E-state index in [1.165, 1.54) is 0 Å². The number of amides is 2. The summed E-state index contributed by atoms with van der Waals surface area (Å²) in [6, 6.07) is 31.8. The predicted molar refractivity (Wildman–Crippen MR) is 180 cm³/mol. The van der Waals surface area contributed by atoms with Crippen molar-refractivity contribution in [3.63, 3.8) is 0 Å². The fourth-order valence-corrected chi connectivity index (χ4v) is 6.97. The Hall–Kier alpha value is -5.15. The predicted octanol–water partition coefficient (Wildman–Crippen LogP) is 6.65. The van der Waals surface area contributed by atoms with Gasteiger partial charge in [0.25, 0.3) is 5.91 Å². The Morgan fingerprint density at radius 2 is 1.30 bits per heavy atom. The fourth-order valence-electron chi connectivity index (χ4n) is 5.85. The van der Waals surface area contributed by atoms with Crippen molar-refractivity contribution < 1.29 is 27.5 Å². The Morgan fingerprint density at radius 3 is 1.96 bits per heavy atom. The standard InChI is InChI=1S/C37H34N2O6S/c1-3-44-35-30-12-8-9-13-31(30)36(45-4-2)34-32(35)23-39(37(34)41)29-20-16-26(17-21-29)24-46(42,43)38-33(40)22-25-14-18-28(19-15-25)27-10-6-5-7-11-27/h5-21H,3-4,22-24H2,1-2H3,(H,38,40). The van der Waals surface area contributed by atoms with Gasteiger partial charge in [-0.3, -0.25) is 14.3 Å². The average Bonchev–Trinajstić information content (AvgIpc) is 3.40. The summed E-state index contributed by atoms with van der Waals surface area (Å²) in [5.74, 6) is 0.00319. The van der Waals surface area contributed by atoms with E-state index in [4.69, 9.17) is 9.47 Å². The number of sulfonamides is 1. The van der Waals surface area contributed by atoms with Crippen LogP contribution in [0.2, 0.25) is 0 Å². The van der Waals surface area contributed by atoms with Gasteiger partial charge in [-0.2, -0.15) is 0 Å². The first kappa shape index (κ1) is 30.9. The van der Waals surface area contributed by atoms with Gasteiger partial charge in [-0.1, -0.05) is 91.0 Å². The van der Waals surface area contributed by atoms with Gasteiger partial charge in [0.05, 0.1) is 37.5 Å². The van der Waals surface area contributed by atoms with Crippen molar-refractivity contribution in [1.29, 1.82) is 0 Å².